The topological polar surface area (TPSA) is 86.6 Å². The Labute approximate surface area is 96.7 Å². The summed E-state index contributed by atoms with van der Waals surface area (Å²) in [4.78, 5) is 21.1. The molecule has 1 rings (SSSR count). The van der Waals surface area contributed by atoms with Gasteiger partial charge in [0.1, 0.15) is 0 Å². The average molecular weight is 244 g/mol. The van der Waals surface area contributed by atoms with E-state index in [4.69, 9.17) is 21.8 Å². The van der Waals surface area contributed by atoms with Crippen molar-refractivity contribution in [2.24, 2.45) is 0 Å². The number of hydrogen-bond donors (Lipinski definition) is 3. The summed E-state index contributed by atoms with van der Waals surface area (Å²) in [5.74, 6) is -2.06. The lowest BCUT2D eigenvalue weighted by Gasteiger charge is -2.08. The second-order valence-electron chi connectivity index (χ2n) is 3.07. The number of aromatic carboxylic acids is 1. The first kappa shape index (κ1) is 12.3. The molecule has 0 bridgehead atoms. The number of hydrogen-bond acceptors (Lipinski definition) is 3. The summed E-state index contributed by atoms with van der Waals surface area (Å²) in [5.41, 5.74) is 0.385. The minimum Gasteiger partial charge on any atom is -0.481 e. The summed E-state index contributed by atoms with van der Waals surface area (Å²) in [5, 5.41) is 20.4. The fourth-order valence-electron chi connectivity index (χ4n) is 1.15. The summed E-state index contributed by atoms with van der Waals surface area (Å²) >= 11 is 5.66. The van der Waals surface area contributed by atoms with Crippen LogP contribution in [0.15, 0.2) is 18.2 Å². The van der Waals surface area contributed by atoms with E-state index in [0.717, 1.165) is 0 Å². The molecular formula is C10H10ClNO4. The molecule has 1 aromatic carbocycles. The van der Waals surface area contributed by atoms with Crippen molar-refractivity contribution < 1.29 is 19.8 Å². The number of halogens is 1. The molecule has 6 heteroatoms. The predicted molar refractivity (Wildman–Crippen MR) is 59.2 cm³/mol. The number of carboxylic acid groups (broad SMARTS) is 2. The fourth-order valence-corrected chi connectivity index (χ4v) is 1.32. The Balaban J connectivity index is 2.78. The summed E-state index contributed by atoms with van der Waals surface area (Å²) in [6.07, 6.45) is -0.0817. The number of nitrogens with one attached hydrogen (secondary N) is 1. The van der Waals surface area contributed by atoms with Gasteiger partial charge in [0.05, 0.1) is 12.0 Å². The van der Waals surface area contributed by atoms with Crippen molar-refractivity contribution in [2.45, 2.75) is 6.42 Å². The maximum Gasteiger partial charge on any atom is 0.337 e. The molecule has 0 aliphatic heterocycles. The molecule has 3 N–H and O–H groups in total. The Kier molecular flexibility index (Phi) is 4.13. The zero-order chi connectivity index (χ0) is 12.1. The Bertz CT molecular complexity index is 419. The van der Waals surface area contributed by atoms with Crippen LogP contribution in [0.4, 0.5) is 5.69 Å². The molecule has 16 heavy (non-hydrogen) atoms. The molecule has 0 saturated carbocycles. The van der Waals surface area contributed by atoms with Crippen LogP contribution in [0.2, 0.25) is 5.02 Å². The van der Waals surface area contributed by atoms with Crippen molar-refractivity contribution in [1.29, 1.82) is 0 Å². The number of carboxylic acids is 2. The third-order valence-corrected chi connectivity index (χ3v) is 2.10. The second-order valence-corrected chi connectivity index (χ2v) is 3.50. The van der Waals surface area contributed by atoms with Crippen LogP contribution < -0.4 is 5.32 Å². The van der Waals surface area contributed by atoms with Gasteiger partial charge in [-0.15, -0.1) is 0 Å². The van der Waals surface area contributed by atoms with Crippen LogP contribution in [-0.4, -0.2) is 28.7 Å². The normalized spacial score (nSPS) is 9.81. The summed E-state index contributed by atoms with van der Waals surface area (Å²) in [6.45, 7) is 0.164. The first-order valence-corrected chi connectivity index (χ1v) is 4.87. The van der Waals surface area contributed by atoms with Crippen molar-refractivity contribution >= 4 is 29.2 Å². The van der Waals surface area contributed by atoms with E-state index in [1.165, 1.54) is 18.2 Å². The molecule has 0 aliphatic carbocycles. The van der Waals surface area contributed by atoms with E-state index in [-0.39, 0.29) is 18.5 Å². The zero-order valence-electron chi connectivity index (χ0n) is 8.24. The highest BCUT2D eigenvalue weighted by molar-refractivity contribution is 6.31. The number of aliphatic carboxylic acids is 1. The van der Waals surface area contributed by atoms with E-state index in [1.807, 2.05) is 0 Å². The van der Waals surface area contributed by atoms with Gasteiger partial charge in [0, 0.05) is 17.3 Å². The van der Waals surface area contributed by atoms with Crippen molar-refractivity contribution in [1.82, 2.24) is 0 Å². The molecule has 0 radical (unpaired) electrons. The smallest absolute Gasteiger partial charge is 0.337 e. The van der Waals surface area contributed by atoms with Crippen LogP contribution in [0.3, 0.4) is 0 Å². The van der Waals surface area contributed by atoms with Gasteiger partial charge >= 0.3 is 11.9 Å². The predicted octanol–water partition coefficient (Wildman–Crippen LogP) is 1.92. The molecule has 0 fully saturated rings. The van der Waals surface area contributed by atoms with Crippen LogP contribution in [0, 0.1) is 0 Å². The van der Waals surface area contributed by atoms with Gasteiger partial charge in [-0.05, 0) is 18.2 Å². The minimum atomic E-state index is -1.11. The van der Waals surface area contributed by atoms with Gasteiger partial charge in [-0.1, -0.05) is 11.6 Å². The molecule has 0 atom stereocenters. The van der Waals surface area contributed by atoms with Gasteiger partial charge in [0.15, 0.2) is 0 Å². The maximum atomic E-state index is 10.9. The molecule has 0 aromatic heterocycles. The summed E-state index contributed by atoms with van der Waals surface area (Å²) in [6, 6.07) is 4.36. The van der Waals surface area contributed by atoms with Crippen molar-refractivity contribution in [3.63, 3.8) is 0 Å². The molecule has 1 aromatic rings. The van der Waals surface area contributed by atoms with Gasteiger partial charge in [-0.2, -0.15) is 0 Å². The standard InChI is InChI=1S/C10H10ClNO4/c11-6-1-2-8(7(5-6)10(15)16)12-4-3-9(13)14/h1-2,5,12H,3-4H2,(H,13,14)(H,15,16). The SMILES string of the molecule is O=C(O)CCNc1ccc(Cl)cc1C(=O)O. The Morgan fingerprint density at radius 2 is 2.00 bits per heavy atom. The third kappa shape index (κ3) is 3.43. The Hall–Kier alpha value is -1.75. The molecule has 86 valence electrons. The molecule has 0 spiro atoms. The molecule has 5 nitrogen and oxygen atoms in total. The monoisotopic (exact) mass is 243 g/mol. The van der Waals surface area contributed by atoms with E-state index < -0.39 is 11.9 Å². The third-order valence-electron chi connectivity index (χ3n) is 1.87. The van der Waals surface area contributed by atoms with E-state index in [0.29, 0.717) is 10.7 Å². The minimum absolute atomic E-state index is 0.0258. The molecular weight excluding hydrogens is 234 g/mol. The lowest BCUT2D eigenvalue weighted by Crippen LogP contribution is -2.10. The molecule has 0 heterocycles. The number of carbonyl (C=O) groups is 2. The molecule has 0 saturated heterocycles. The summed E-state index contributed by atoms with van der Waals surface area (Å²) < 4.78 is 0. The Morgan fingerprint density at radius 3 is 2.56 bits per heavy atom. The Morgan fingerprint density at radius 1 is 1.31 bits per heavy atom. The second kappa shape index (κ2) is 5.37. The van der Waals surface area contributed by atoms with E-state index in [9.17, 15) is 9.59 Å². The van der Waals surface area contributed by atoms with Crippen LogP contribution in [0.5, 0.6) is 0 Å². The highest BCUT2D eigenvalue weighted by atomic mass is 35.5. The van der Waals surface area contributed by atoms with Crippen LogP contribution in [0.25, 0.3) is 0 Å². The lowest BCUT2D eigenvalue weighted by molar-refractivity contribution is -0.136. The molecule has 0 aliphatic rings. The zero-order valence-corrected chi connectivity index (χ0v) is 8.99. The maximum absolute atomic E-state index is 10.9. The lowest BCUT2D eigenvalue weighted by atomic mass is 10.2. The number of benzene rings is 1. The van der Waals surface area contributed by atoms with Crippen LogP contribution in [-0.2, 0) is 4.79 Å². The van der Waals surface area contributed by atoms with E-state index in [2.05, 4.69) is 5.32 Å². The van der Waals surface area contributed by atoms with Gasteiger partial charge in [0.2, 0.25) is 0 Å². The quantitative estimate of drug-likeness (QED) is 0.736. The molecule has 0 amide bonds. The van der Waals surface area contributed by atoms with Crippen molar-refractivity contribution in [3.8, 4) is 0 Å². The average Bonchev–Trinajstić information content (AvgIpc) is 2.19. The fraction of sp³-hybridized carbons (Fsp3) is 0.200. The first-order chi connectivity index (χ1) is 7.50. The number of anilines is 1. The van der Waals surface area contributed by atoms with Gasteiger partial charge < -0.3 is 15.5 Å². The van der Waals surface area contributed by atoms with Crippen LogP contribution >= 0.6 is 11.6 Å². The van der Waals surface area contributed by atoms with Crippen molar-refractivity contribution in [2.75, 3.05) is 11.9 Å². The first-order valence-electron chi connectivity index (χ1n) is 4.49. The molecule has 0 unspecified atom stereocenters. The highest BCUT2D eigenvalue weighted by Gasteiger charge is 2.10. The van der Waals surface area contributed by atoms with Crippen molar-refractivity contribution in [3.05, 3.63) is 28.8 Å². The summed E-state index contributed by atoms with van der Waals surface area (Å²) in [7, 11) is 0. The van der Waals surface area contributed by atoms with E-state index >= 15 is 0 Å². The highest BCUT2D eigenvalue weighted by Crippen LogP contribution is 2.20. The van der Waals surface area contributed by atoms with E-state index in [1.54, 1.807) is 0 Å². The van der Waals surface area contributed by atoms with Gasteiger partial charge in [0.25, 0.3) is 0 Å². The largest absolute Gasteiger partial charge is 0.481 e. The van der Waals surface area contributed by atoms with Gasteiger partial charge in [-0.25, -0.2) is 4.79 Å². The number of rotatable bonds is 5. The van der Waals surface area contributed by atoms with Crippen LogP contribution in [0.1, 0.15) is 16.8 Å². The van der Waals surface area contributed by atoms with Gasteiger partial charge in [-0.3, -0.25) is 4.79 Å².